The summed E-state index contributed by atoms with van der Waals surface area (Å²) in [5.74, 6) is -0.466. The van der Waals surface area contributed by atoms with Crippen molar-refractivity contribution in [2.75, 3.05) is 0 Å². The van der Waals surface area contributed by atoms with E-state index in [4.69, 9.17) is 11.6 Å². The minimum atomic E-state index is -4.54. The second kappa shape index (κ2) is 4.61. The quantitative estimate of drug-likeness (QED) is 0.765. The predicted octanol–water partition coefficient (Wildman–Crippen LogP) is 3.74. The van der Waals surface area contributed by atoms with Crippen LogP contribution in [0.25, 0.3) is 0 Å². The summed E-state index contributed by atoms with van der Waals surface area (Å²) in [5.41, 5.74) is -0.586. The molecule has 0 fully saturated rings. The van der Waals surface area contributed by atoms with Gasteiger partial charge in [-0.15, -0.1) is 0 Å². The largest absolute Gasteiger partial charge is 0.435 e. The molecular formula is C11H7ClF4N2. The monoisotopic (exact) mass is 278 g/mol. The molecule has 2 rings (SSSR count). The first-order valence-electron chi connectivity index (χ1n) is 4.91. The van der Waals surface area contributed by atoms with Crippen LogP contribution in [0.1, 0.15) is 11.3 Å². The molecule has 0 aliphatic carbocycles. The summed E-state index contributed by atoms with van der Waals surface area (Å²) in [7, 11) is 0. The number of rotatable bonds is 2. The van der Waals surface area contributed by atoms with Crippen LogP contribution < -0.4 is 0 Å². The van der Waals surface area contributed by atoms with Gasteiger partial charge in [0.15, 0.2) is 5.69 Å². The molecule has 0 atom stereocenters. The molecule has 18 heavy (non-hydrogen) atoms. The molecule has 1 aromatic carbocycles. The molecule has 0 aliphatic rings. The first kappa shape index (κ1) is 12.9. The highest BCUT2D eigenvalue weighted by Gasteiger charge is 2.34. The van der Waals surface area contributed by atoms with Crippen molar-refractivity contribution in [3.63, 3.8) is 0 Å². The lowest BCUT2D eigenvalue weighted by Crippen LogP contribution is -2.08. The van der Waals surface area contributed by atoms with Crippen LogP contribution in [0.15, 0.2) is 30.3 Å². The highest BCUT2D eigenvalue weighted by atomic mass is 35.5. The van der Waals surface area contributed by atoms with Crippen molar-refractivity contribution < 1.29 is 17.6 Å². The minimum Gasteiger partial charge on any atom is -0.249 e. The summed E-state index contributed by atoms with van der Waals surface area (Å²) in [5, 5.41) is 3.20. The van der Waals surface area contributed by atoms with Gasteiger partial charge in [-0.3, -0.25) is 0 Å². The Hall–Kier alpha value is -1.56. The Morgan fingerprint density at radius 2 is 1.94 bits per heavy atom. The van der Waals surface area contributed by atoms with E-state index in [-0.39, 0.29) is 11.7 Å². The third kappa shape index (κ3) is 2.81. The van der Waals surface area contributed by atoms with Gasteiger partial charge in [0.05, 0.1) is 6.54 Å². The van der Waals surface area contributed by atoms with Crippen LogP contribution in [-0.2, 0) is 12.7 Å². The summed E-state index contributed by atoms with van der Waals surface area (Å²) in [6.45, 7) is -0.0212. The summed E-state index contributed by atoms with van der Waals surface area (Å²) < 4.78 is 51.1. The summed E-state index contributed by atoms with van der Waals surface area (Å²) in [6.07, 6.45) is -4.54. The van der Waals surface area contributed by atoms with Gasteiger partial charge in [-0.25, -0.2) is 9.07 Å². The van der Waals surface area contributed by atoms with Crippen molar-refractivity contribution in [2.24, 2.45) is 0 Å². The van der Waals surface area contributed by atoms with Gasteiger partial charge in [0.2, 0.25) is 0 Å². The van der Waals surface area contributed by atoms with E-state index in [0.29, 0.717) is 5.56 Å². The van der Waals surface area contributed by atoms with Gasteiger partial charge >= 0.3 is 6.18 Å². The Labute approximate surface area is 105 Å². The molecule has 2 aromatic rings. The molecule has 2 nitrogen and oxygen atoms in total. The van der Waals surface area contributed by atoms with Crippen molar-refractivity contribution >= 4 is 11.6 Å². The highest BCUT2D eigenvalue weighted by molar-refractivity contribution is 6.29. The van der Waals surface area contributed by atoms with E-state index in [0.717, 1.165) is 10.7 Å². The molecule has 0 radical (unpaired) electrons. The maximum Gasteiger partial charge on any atom is 0.435 e. The minimum absolute atomic E-state index is 0.0212. The lowest BCUT2D eigenvalue weighted by molar-refractivity contribution is -0.141. The highest BCUT2D eigenvalue weighted by Crippen LogP contribution is 2.30. The number of nitrogens with zero attached hydrogens (tertiary/aromatic N) is 2. The van der Waals surface area contributed by atoms with Gasteiger partial charge in [0.25, 0.3) is 0 Å². The summed E-state index contributed by atoms with van der Waals surface area (Å²) in [4.78, 5) is 0. The molecule has 0 amide bonds. The molecule has 1 aromatic heterocycles. The van der Waals surface area contributed by atoms with E-state index >= 15 is 0 Å². The SMILES string of the molecule is Fc1cccc(Cn2nc(C(F)(F)F)cc2Cl)c1. The van der Waals surface area contributed by atoms with Crippen LogP contribution in [0, 0.1) is 5.82 Å². The Morgan fingerprint density at radius 1 is 1.22 bits per heavy atom. The van der Waals surface area contributed by atoms with E-state index in [9.17, 15) is 17.6 Å². The average molecular weight is 279 g/mol. The van der Waals surface area contributed by atoms with Crippen molar-refractivity contribution in [1.29, 1.82) is 0 Å². The average Bonchev–Trinajstić information content (AvgIpc) is 2.60. The van der Waals surface area contributed by atoms with Crippen LogP contribution in [0.4, 0.5) is 17.6 Å². The van der Waals surface area contributed by atoms with Crippen LogP contribution in [0.3, 0.4) is 0 Å². The molecule has 0 spiro atoms. The van der Waals surface area contributed by atoms with Gasteiger partial charge in [-0.05, 0) is 17.7 Å². The van der Waals surface area contributed by atoms with E-state index < -0.39 is 17.7 Å². The zero-order valence-corrected chi connectivity index (χ0v) is 9.63. The number of benzene rings is 1. The number of hydrogen-bond donors (Lipinski definition) is 0. The Morgan fingerprint density at radius 3 is 2.50 bits per heavy atom. The van der Waals surface area contributed by atoms with Gasteiger partial charge in [-0.1, -0.05) is 23.7 Å². The summed E-state index contributed by atoms with van der Waals surface area (Å²) in [6, 6.07) is 6.24. The molecule has 0 saturated heterocycles. The smallest absolute Gasteiger partial charge is 0.249 e. The van der Waals surface area contributed by atoms with Crippen LogP contribution in [-0.4, -0.2) is 9.78 Å². The van der Waals surface area contributed by atoms with E-state index in [2.05, 4.69) is 5.10 Å². The van der Waals surface area contributed by atoms with E-state index in [1.807, 2.05) is 0 Å². The fraction of sp³-hybridized carbons (Fsp3) is 0.182. The van der Waals surface area contributed by atoms with Gasteiger partial charge in [0, 0.05) is 6.07 Å². The van der Waals surface area contributed by atoms with Crippen molar-refractivity contribution in [2.45, 2.75) is 12.7 Å². The van der Waals surface area contributed by atoms with Crippen molar-refractivity contribution in [3.8, 4) is 0 Å². The molecule has 0 N–H and O–H groups in total. The lowest BCUT2D eigenvalue weighted by Gasteiger charge is -2.04. The first-order chi connectivity index (χ1) is 8.36. The molecule has 0 bridgehead atoms. The maximum absolute atomic E-state index is 12.9. The topological polar surface area (TPSA) is 17.8 Å². The third-order valence-corrected chi connectivity index (χ3v) is 2.55. The lowest BCUT2D eigenvalue weighted by atomic mass is 10.2. The molecule has 7 heteroatoms. The van der Waals surface area contributed by atoms with Crippen molar-refractivity contribution in [3.05, 3.63) is 52.6 Å². The molecule has 1 heterocycles. The number of halogens is 5. The Kier molecular flexibility index (Phi) is 3.30. The van der Waals surface area contributed by atoms with Crippen LogP contribution in [0.2, 0.25) is 5.15 Å². The Bertz CT molecular complexity index is 562. The normalized spacial score (nSPS) is 11.8. The molecular weight excluding hydrogens is 272 g/mol. The van der Waals surface area contributed by atoms with Gasteiger partial charge in [0.1, 0.15) is 11.0 Å². The Balaban J connectivity index is 2.27. The second-order valence-electron chi connectivity index (χ2n) is 3.64. The fourth-order valence-corrected chi connectivity index (χ4v) is 1.65. The molecule has 0 unspecified atom stereocenters. The molecule has 96 valence electrons. The first-order valence-corrected chi connectivity index (χ1v) is 5.29. The number of alkyl halides is 3. The predicted molar refractivity (Wildman–Crippen MR) is 57.7 cm³/mol. The summed E-state index contributed by atoms with van der Waals surface area (Å²) >= 11 is 5.65. The standard InChI is InChI=1S/C11H7ClF4N2/c12-10-5-9(11(14,15)16)17-18(10)6-7-2-1-3-8(13)4-7/h1-5H,6H2. The third-order valence-electron chi connectivity index (χ3n) is 2.24. The zero-order chi connectivity index (χ0) is 13.3. The van der Waals surface area contributed by atoms with Crippen molar-refractivity contribution in [1.82, 2.24) is 9.78 Å². The molecule has 0 aliphatic heterocycles. The van der Waals surface area contributed by atoms with Gasteiger partial charge < -0.3 is 0 Å². The number of aromatic nitrogens is 2. The van der Waals surface area contributed by atoms with E-state index in [1.54, 1.807) is 6.07 Å². The van der Waals surface area contributed by atoms with Gasteiger partial charge in [-0.2, -0.15) is 18.3 Å². The van der Waals surface area contributed by atoms with Crippen LogP contribution >= 0.6 is 11.6 Å². The fourth-order valence-electron chi connectivity index (χ4n) is 1.45. The second-order valence-corrected chi connectivity index (χ2v) is 4.02. The molecule has 0 saturated carbocycles. The zero-order valence-electron chi connectivity index (χ0n) is 8.88. The maximum atomic E-state index is 12.9. The van der Waals surface area contributed by atoms with Crippen LogP contribution in [0.5, 0.6) is 0 Å². The number of hydrogen-bond acceptors (Lipinski definition) is 1. The van der Waals surface area contributed by atoms with E-state index in [1.165, 1.54) is 18.2 Å².